The zero-order chi connectivity index (χ0) is 22.2. The van der Waals surface area contributed by atoms with Crippen LogP contribution in [0.4, 0.5) is 0 Å². The van der Waals surface area contributed by atoms with Crippen LogP contribution in [0.2, 0.25) is 0 Å². The van der Waals surface area contributed by atoms with Gasteiger partial charge in [-0.15, -0.1) is 0 Å². The van der Waals surface area contributed by atoms with Crippen molar-refractivity contribution in [3.63, 3.8) is 0 Å². The van der Waals surface area contributed by atoms with Gasteiger partial charge in [0, 0.05) is 54.7 Å². The average molecular weight is 494 g/mol. The molecule has 3 rings (SSSR count). The fourth-order valence-electron chi connectivity index (χ4n) is 4.81. The number of hydrogen-bond donors (Lipinski definition) is 1. The van der Waals surface area contributed by atoms with Gasteiger partial charge in [0.2, 0.25) is 5.91 Å². The average Bonchev–Trinajstić information content (AvgIpc) is 2.82. The third kappa shape index (κ3) is 6.53. The largest absolute Gasteiger partial charge is 0.379 e. The maximum atomic E-state index is 12.9. The minimum absolute atomic E-state index is 0.0130. The van der Waals surface area contributed by atoms with Gasteiger partial charge in [0.15, 0.2) is 0 Å². The van der Waals surface area contributed by atoms with E-state index in [0.717, 1.165) is 56.5 Å². The van der Waals surface area contributed by atoms with Gasteiger partial charge >= 0.3 is 0 Å². The van der Waals surface area contributed by atoms with E-state index >= 15 is 0 Å². The highest BCUT2D eigenvalue weighted by Crippen LogP contribution is 2.22. The van der Waals surface area contributed by atoms with Gasteiger partial charge in [-0.1, -0.05) is 42.6 Å². The van der Waals surface area contributed by atoms with Crippen LogP contribution in [0.3, 0.4) is 0 Å². The topological polar surface area (TPSA) is 61.9 Å². The van der Waals surface area contributed by atoms with Gasteiger partial charge in [0.05, 0.1) is 13.2 Å². The zero-order valence-corrected chi connectivity index (χ0v) is 20.4. The first-order valence-electron chi connectivity index (χ1n) is 11.7. The standard InChI is InChI=1S/C24H36BrN3O3/c1-3-18(4-2)22(27-13-15-31-16-14-27)17-26-23(29)19-9-11-28(12-10-19)24(30)20-5-7-21(25)8-6-20/h5-8,18-19,22H,3-4,9-17H2,1-2H3,(H,26,29). The number of morpholine rings is 1. The van der Waals surface area contributed by atoms with Gasteiger partial charge in [-0.2, -0.15) is 0 Å². The Labute approximate surface area is 194 Å². The van der Waals surface area contributed by atoms with Crippen LogP contribution < -0.4 is 5.32 Å². The Bertz CT molecular complexity index is 709. The quantitative estimate of drug-likeness (QED) is 0.601. The SMILES string of the molecule is CCC(CC)C(CNC(=O)C1CCN(C(=O)c2ccc(Br)cc2)CC1)N1CCOCC1. The van der Waals surface area contributed by atoms with Crippen molar-refractivity contribution >= 4 is 27.7 Å². The van der Waals surface area contributed by atoms with Crippen molar-refractivity contribution in [2.75, 3.05) is 45.9 Å². The third-order valence-corrected chi connectivity index (χ3v) is 7.37. The highest BCUT2D eigenvalue weighted by atomic mass is 79.9. The molecule has 0 aliphatic carbocycles. The number of rotatable bonds is 8. The maximum Gasteiger partial charge on any atom is 0.253 e. The Morgan fingerprint density at radius 1 is 1.06 bits per heavy atom. The Morgan fingerprint density at radius 2 is 1.68 bits per heavy atom. The molecule has 2 aliphatic heterocycles. The van der Waals surface area contributed by atoms with Gasteiger partial charge in [0.25, 0.3) is 5.91 Å². The minimum atomic E-state index is -0.0130. The number of halogens is 1. The van der Waals surface area contributed by atoms with E-state index in [1.54, 1.807) is 0 Å². The second-order valence-electron chi connectivity index (χ2n) is 8.61. The number of amides is 2. The second kappa shape index (κ2) is 12.0. The van der Waals surface area contributed by atoms with Crippen molar-refractivity contribution < 1.29 is 14.3 Å². The summed E-state index contributed by atoms with van der Waals surface area (Å²) in [5, 5.41) is 3.25. The van der Waals surface area contributed by atoms with E-state index in [2.05, 4.69) is 40.0 Å². The van der Waals surface area contributed by atoms with Gasteiger partial charge in [-0.05, 0) is 43.0 Å². The lowest BCUT2D eigenvalue weighted by Gasteiger charge is -2.39. The highest BCUT2D eigenvalue weighted by Gasteiger charge is 2.30. The predicted octanol–water partition coefficient (Wildman–Crippen LogP) is 3.55. The predicted molar refractivity (Wildman–Crippen MR) is 126 cm³/mol. The number of nitrogens with zero attached hydrogens (tertiary/aromatic N) is 2. The fourth-order valence-corrected chi connectivity index (χ4v) is 5.07. The van der Waals surface area contributed by atoms with Crippen LogP contribution >= 0.6 is 15.9 Å². The molecule has 2 aliphatic rings. The summed E-state index contributed by atoms with van der Waals surface area (Å²) in [6.07, 6.45) is 3.68. The molecule has 0 aromatic heterocycles. The number of carbonyl (C=O) groups is 2. The molecule has 1 N–H and O–H groups in total. The smallest absolute Gasteiger partial charge is 0.253 e. The number of nitrogens with one attached hydrogen (secondary N) is 1. The number of carbonyl (C=O) groups excluding carboxylic acids is 2. The number of piperidine rings is 1. The van der Waals surface area contributed by atoms with Crippen molar-refractivity contribution in [2.45, 2.75) is 45.6 Å². The molecule has 0 spiro atoms. The molecule has 31 heavy (non-hydrogen) atoms. The van der Waals surface area contributed by atoms with Crippen molar-refractivity contribution in [1.29, 1.82) is 0 Å². The zero-order valence-electron chi connectivity index (χ0n) is 18.8. The number of hydrogen-bond acceptors (Lipinski definition) is 4. The lowest BCUT2D eigenvalue weighted by atomic mass is 9.91. The number of ether oxygens (including phenoxy) is 1. The molecule has 1 unspecified atom stereocenters. The van der Waals surface area contributed by atoms with Crippen LogP contribution in [0.1, 0.15) is 49.9 Å². The molecule has 172 valence electrons. The lowest BCUT2D eigenvalue weighted by Crippen LogP contribution is -2.53. The summed E-state index contributed by atoms with van der Waals surface area (Å²) in [7, 11) is 0. The monoisotopic (exact) mass is 493 g/mol. The molecule has 7 heteroatoms. The highest BCUT2D eigenvalue weighted by molar-refractivity contribution is 9.10. The van der Waals surface area contributed by atoms with Gasteiger partial charge < -0.3 is 15.0 Å². The van der Waals surface area contributed by atoms with Gasteiger partial charge in [-0.3, -0.25) is 14.5 Å². The third-order valence-electron chi connectivity index (χ3n) is 6.84. The summed E-state index contributed by atoms with van der Waals surface area (Å²) >= 11 is 3.40. The molecule has 0 saturated carbocycles. The van der Waals surface area contributed by atoms with Crippen LogP contribution in [0.15, 0.2) is 28.7 Å². The first-order valence-corrected chi connectivity index (χ1v) is 12.5. The summed E-state index contributed by atoms with van der Waals surface area (Å²) in [6, 6.07) is 7.82. The van der Waals surface area contributed by atoms with Crippen LogP contribution in [0, 0.1) is 11.8 Å². The van der Waals surface area contributed by atoms with E-state index in [9.17, 15) is 9.59 Å². The summed E-state index contributed by atoms with van der Waals surface area (Å²) < 4.78 is 6.48. The van der Waals surface area contributed by atoms with Gasteiger partial charge in [-0.25, -0.2) is 0 Å². The van der Waals surface area contributed by atoms with Crippen molar-refractivity contribution in [1.82, 2.24) is 15.1 Å². The summed E-state index contributed by atoms with van der Waals surface area (Å²) in [6.45, 7) is 9.86. The minimum Gasteiger partial charge on any atom is -0.379 e. The van der Waals surface area contributed by atoms with E-state index in [1.165, 1.54) is 0 Å². The van der Waals surface area contributed by atoms with Crippen LogP contribution in [0.5, 0.6) is 0 Å². The van der Waals surface area contributed by atoms with Crippen molar-refractivity contribution in [3.05, 3.63) is 34.3 Å². The molecular weight excluding hydrogens is 458 g/mol. The van der Waals surface area contributed by atoms with E-state index in [0.29, 0.717) is 37.2 Å². The lowest BCUT2D eigenvalue weighted by molar-refractivity contribution is -0.126. The fraction of sp³-hybridized carbons (Fsp3) is 0.667. The Morgan fingerprint density at radius 3 is 2.26 bits per heavy atom. The van der Waals surface area contributed by atoms with Gasteiger partial charge in [0.1, 0.15) is 0 Å². The molecule has 2 fully saturated rings. The molecule has 2 saturated heterocycles. The molecule has 6 nitrogen and oxygen atoms in total. The maximum absolute atomic E-state index is 12.9. The molecule has 2 amide bonds. The summed E-state index contributed by atoms with van der Waals surface area (Å²) in [5.41, 5.74) is 0.699. The molecule has 0 radical (unpaired) electrons. The first kappa shape index (κ1) is 24.2. The van der Waals surface area contributed by atoms with Crippen LogP contribution in [-0.4, -0.2) is 73.6 Å². The van der Waals surface area contributed by atoms with Crippen LogP contribution in [0.25, 0.3) is 0 Å². The van der Waals surface area contributed by atoms with E-state index in [-0.39, 0.29) is 17.7 Å². The Balaban J connectivity index is 1.50. The second-order valence-corrected chi connectivity index (χ2v) is 9.53. The normalized spacial score (nSPS) is 19.4. The van der Waals surface area contributed by atoms with Crippen molar-refractivity contribution in [3.8, 4) is 0 Å². The van der Waals surface area contributed by atoms with Crippen LogP contribution in [-0.2, 0) is 9.53 Å². The molecule has 1 atom stereocenters. The van der Waals surface area contributed by atoms with E-state index in [1.807, 2.05) is 29.2 Å². The van der Waals surface area contributed by atoms with E-state index in [4.69, 9.17) is 4.74 Å². The van der Waals surface area contributed by atoms with E-state index < -0.39 is 0 Å². The Hall–Kier alpha value is -1.44. The molecule has 2 heterocycles. The summed E-state index contributed by atoms with van der Waals surface area (Å²) in [5.74, 6) is 0.747. The van der Waals surface area contributed by atoms with Crippen molar-refractivity contribution in [2.24, 2.45) is 11.8 Å². The molecule has 0 bridgehead atoms. The number of likely N-dealkylation sites (tertiary alicyclic amines) is 1. The Kier molecular flexibility index (Phi) is 9.35. The molecular formula is C24H36BrN3O3. The first-order chi connectivity index (χ1) is 15.0. The molecule has 1 aromatic carbocycles. The molecule has 1 aromatic rings. The summed E-state index contributed by atoms with van der Waals surface area (Å²) in [4.78, 5) is 30.0. The number of benzene rings is 1.